The van der Waals surface area contributed by atoms with Gasteiger partial charge in [-0.3, -0.25) is 4.90 Å². The van der Waals surface area contributed by atoms with Crippen LogP contribution in [-0.4, -0.2) is 37.7 Å². The van der Waals surface area contributed by atoms with Crippen molar-refractivity contribution in [2.24, 2.45) is 0 Å². The summed E-state index contributed by atoms with van der Waals surface area (Å²) in [6.45, 7) is 4.05. The highest BCUT2D eigenvalue weighted by Gasteiger charge is 2.22. The van der Waals surface area contributed by atoms with Gasteiger partial charge in [0.2, 0.25) is 0 Å². The van der Waals surface area contributed by atoms with Gasteiger partial charge < -0.3 is 10.1 Å². The Morgan fingerprint density at radius 1 is 1.37 bits per heavy atom. The first kappa shape index (κ1) is 13.2. The lowest BCUT2D eigenvalue weighted by molar-refractivity contribution is 0.192. The average Bonchev–Trinajstić information content (AvgIpc) is 2.88. The van der Waals surface area contributed by atoms with E-state index in [0.717, 1.165) is 43.4 Å². The summed E-state index contributed by atoms with van der Waals surface area (Å²) in [4.78, 5) is 2.50. The molecule has 3 rings (SSSR count). The number of hydrogen-bond donors (Lipinski definition) is 1. The molecule has 4 heteroatoms. The Bertz CT molecular complexity index is 456. The number of halogens is 1. The van der Waals surface area contributed by atoms with Gasteiger partial charge in [0, 0.05) is 29.6 Å². The minimum Gasteiger partial charge on any atom is -0.493 e. The monoisotopic (exact) mass is 280 g/mol. The van der Waals surface area contributed by atoms with Gasteiger partial charge in [-0.2, -0.15) is 0 Å². The Kier molecular flexibility index (Phi) is 3.96. The summed E-state index contributed by atoms with van der Waals surface area (Å²) in [6.07, 6.45) is 3.44. The molecule has 2 heterocycles. The molecule has 1 fully saturated rings. The first-order valence-corrected chi connectivity index (χ1v) is 7.48. The predicted molar refractivity (Wildman–Crippen MR) is 78.0 cm³/mol. The van der Waals surface area contributed by atoms with Crippen LogP contribution in [0.2, 0.25) is 5.02 Å². The number of benzene rings is 1. The van der Waals surface area contributed by atoms with Crippen LogP contribution in [-0.2, 0) is 13.0 Å². The third-order valence-electron chi connectivity index (χ3n) is 4.22. The molecule has 0 amide bonds. The van der Waals surface area contributed by atoms with Crippen LogP contribution in [0.4, 0.5) is 0 Å². The van der Waals surface area contributed by atoms with E-state index in [9.17, 15) is 0 Å². The summed E-state index contributed by atoms with van der Waals surface area (Å²) in [5.41, 5.74) is 2.52. The molecule has 0 bridgehead atoms. The lowest BCUT2D eigenvalue weighted by atomic mass is 10.0. The number of nitrogens with zero attached hydrogens (tertiary/aromatic N) is 1. The van der Waals surface area contributed by atoms with E-state index < -0.39 is 0 Å². The lowest BCUT2D eigenvalue weighted by Gasteiger charge is -2.32. The van der Waals surface area contributed by atoms with Gasteiger partial charge in [0.15, 0.2) is 0 Å². The number of nitrogens with one attached hydrogen (secondary N) is 1. The third kappa shape index (κ3) is 2.88. The van der Waals surface area contributed by atoms with E-state index in [-0.39, 0.29) is 0 Å². The van der Waals surface area contributed by atoms with Crippen molar-refractivity contribution in [2.45, 2.75) is 31.8 Å². The van der Waals surface area contributed by atoms with Crippen LogP contribution in [0.15, 0.2) is 12.1 Å². The van der Waals surface area contributed by atoms with Crippen molar-refractivity contribution < 1.29 is 4.74 Å². The number of piperidine rings is 1. The molecular formula is C15H21ClN2O. The highest BCUT2D eigenvalue weighted by atomic mass is 35.5. The normalized spacial score (nSPS) is 20.3. The summed E-state index contributed by atoms with van der Waals surface area (Å²) in [7, 11) is 2.05. The minimum atomic E-state index is 0.678. The van der Waals surface area contributed by atoms with E-state index in [1.54, 1.807) is 0 Å². The van der Waals surface area contributed by atoms with E-state index >= 15 is 0 Å². The van der Waals surface area contributed by atoms with Crippen LogP contribution in [0.5, 0.6) is 5.75 Å². The average molecular weight is 281 g/mol. The number of hydrogen-bond acceptors (Lipinski definition) is 3. The third-order valence-corrected chi connectivity index (χ3v) is 4.43. The summed E-state index contributed by atoms with van der Waals surface area (Å²) < 4.78 is 5.77. The molecule has 0 atom stereocenters. The smallest absolute Gasteiger partial charge is 0.127 e. The second-order valence-corrected chi connectivity index (χ2v) is 5.93. The predicted octanol–water partition coefficient (Wildman–Crippen LogP) is 2.46. The molecule has 104 valence electrons. The van der Waals surface area contributed by atoms with Crippen molar-refractivity contribution in [3.8, 4) is 5.75 Å². The van der Waals surface area contributed by atoms with Gasteiger partial charge in [-0.15, -0.1) is 0 Å². The minimum absolute atomic E-state index is 0.678. The maximum atomic E-state index is 6.21. The molecule has 0 radical (unpaired) electrons. The van der Waals surface area contributed by atoms with Crippen LogP contribution in [0.3, 0.4) is 0 Å². The van der Waals surface area contributed by atoms with Gasteiger partial charge >= 0.3 is 0 Å². The van der Waals surface area contributed by atoms with Gasteiger partial charge in [0.25, 0.3) is 0 Å². The van der Waals surface area contributed by atoms with E-state index in [2.05, 4.69) is 23.3 Å². The highest BCUT2D eigenvalue weighted by Crippen LogP contribution is 2.33. The molecule has 3 nitrogen and oxygen atoms in total. The fourth-order valence-electron chi connectivity index (χ4n) is 3.08. The molecule has 19 heavy (non-hydrogen) atoms. The van der Waals surface area contributed by atoms with Gasteiger partial charge in [0.1, 0.15) is 5.75 Å². The van der Waals surface area contributed by atoms with E-state index in [1.165, 1.54) is 24.0 Å². The molecule has 0 saturated carbocycles. The summed E-state index contributed by atoms with van der Waals surface area (Å²) >= 11 is 6.21. The molecule has 0 aromatic heterocycles. The Balaban J connectivity index is 1.70. The molecule has 1 N–H and O–H groups in total. The van der Waals surface area contributed by atoms with Crippen LogP contribution in [0, 0.1) is 0 Å². The molecule has 2 aliphatic heterocycles. The van der Waals surface area contributed by atoms with E-state index in [0.29, 0.717) is 6.04 Å². The van der Waals surface area contributed by atoms with Crippen molar-refractivity contribution >= 4 is 11.6 Å². The highest BCUT2D eigenvalue weighted by molar-refractivity contribution is 6.30. The van der Waals surface area contributed by atoms with Crippen molar-refractivity contribution in [1.29, 1.82) is 0 Å². The second kappa shape index (κ2) is 5.70. The summed E-state index contributed by atoms with van der Waals surface area (Å²) in [5, 5.41) is 4.20. The van der Waals surface area contributed by atoms with Crippen LogP contribution < -0.4 is 10.1 Å². The zero-order valence-electron chi connectivity index (χ0n) is 11.4. The fourth-order valence-corrected chi connectivity index (χ4v) is 3.35. The molecular weight excluding hydrogens is 260 g/mol. The van der Waals surface area contributed by atoms with Crippen molar-refractivity contribution in [3.63, 3.8) is 0 Å². The molecule has 2 aliphatic rings. The van der Waals surface area contributed by atoms with E-state index in [4.69, 9.17) is 16.3 Å². The summed E-state index contributed by atoms with van der Waals surface area (Å²) in [5.74, 6) is 1.08. The van der Waals surface area contributed by atoms with Crippen LogP contribution in [0.25, 0.3) is 0 Å². The number of ether oxygens (including phenoxy) is 1. The van der Waals surface area contributed by atoms with Gasteiger partial charge in [-0.1, -0.05) is 11.6 Å². The molecule has 1 aromatic carbocycles. The van der Waals surface area contributed by atoms with Gasteiger partial charge in [-0.05, 0) is 50.7 Å². The van der Waals surface area contributed by atoms with Crippen LogP contribution >= 0.6 is 11.6 Å². The molecule has 0 spiro atoms. The Morgan fingerprint density at radius 2 is 2.16 bits per heavy atom. The molecule has 1 aromatic rings. The van der Waals surface area contributed by atoms with Crippen molar-refractivity contribution in [3.05, 3.63) is 28.3 Å². The first-order valence-electron chi connectivity index (χ1n) is 7.10. The first-order chi connectivity index (χ1) is 9.26. The second-order valence-electron chi connectivity index (χ2n) is 5.49. The quantitative estimate of drug-likeness (QED) is 0.921. The fraction of sp³-hybridized carbons (Fsp3) is 0.600. The van der Waals surface area contributed by atoms with Crippen molar-refractivity contribution in [2.75, 3.05) is 26.7 Å². The number of fused-ring (bicyclic) bond motifs is 1. The largest absolute Gasteiger partial charge is 0.493 e. The zero-order chi connectivity index (χ0) is 13.2. The van der Waals surface area contributed by atoms with Crippen LogP contribution in [0.1, 0.15) is 24.0 Å². The summed E-state index contributed by atoms with van der Waals surface area (Å²) in [6, 6.07) is 4.79. The standard InChI is InChI=1S/C15H21ClN2O/c1-17-14-2-5-18(6-3-14)10-12-9-13(16)8-11-4-7-19-15(11)12/h8-9,14,17H,2-7,10H2,1H3. The molecule has 1 saturated heterocycles. The van der Waals surface area contributed by atoms with Crippen molar-refractivity contribution in [1.82, 2.24) is 10.2 Å². The maximum Gasteiger partial charge on any atom is 0.127 e. The Morgan fingerprint density at radius 3 is 2.89 bits per heavy atom. The molecule has 0 unspecified atom stereocenters. The number of likely N-dealkylation sites (tertiary alicyclic amines) is 1. The Labute approximate surface area is 119 Å². The lowest BCUT2D eigenvalue weighted by Crippen LogP contribution is -2.40. The van der Waals surface area contributed by atoms with Gasteiger partial charge in [-0.25, -0.2) is 0 Å². The van der Waals surface area contributed by atoms with E-state index in [1.807, 2.05) is 6.07 Å². The van der Waals surface area contributed by atoms with Gasteiger partial charge in [0.05, 0.1) is 6.61 Å². The number of rotatable bonds is 3. The topological polar surface area (TPSA) is 24.5 Å². The maximum absolute atomic E-state index is 6.21. The Hall–Kier alpha value is -0.770. The zero-order valence-corrected chi connectivity index (χ0v) is 12.2. The SMILES string of the molecule is CNC1CCN(Cc2cc(Cl)cc3c2OCC3)CC1. The molecule has 0 aliphatic carbocycles.